The van der Waals surface area contributed by atoms with E-state index >= 15 is 0 Å². The minimum Gasteiger partial charge on any atom is -0.497 e. The first kappa shape index (κ1) is 26.0. The summed E-state index contributed by atoms with van der Waals surface area (Å²) < 4.78 is 15.9. The highest BCUT2D eigenvalue weighted by atomic mass is 16.5. The fourth-order valence-corrected chi connectivity index (χ4v) is 3.82. The molecule has 0 spiro atoms. The van der Waals surface area contributed by atoms with Gasteiger partial charge in [-0.2, -0.15) is 0 Å². The maximum absolute atomic E-state index is 13.6. The number of esters is 1. The number of carbonyl (C=O) groups excluding carboxylic acids is 2. The number of hydrogen-bond donors (Lipinski definition) is 1. The lowest BCUT2D eigenvalue weighted by Crippen LogP contribution is -2.53. The van der Waals surface area contributed by atoms with E-state index in [0.29, 0.717) is 35.7 Å². The summed E-state index contributed by atoms with van der Waals surface area (Å²) in [5.41, 5.74) is 5.37. The maximum atomic E-state index is 13.6. The predicted molar refractivity (Wildman–Crippen MR) is 136 cm³/mol. The molecule has 0 unspecified atom stereocenters. The van der Waals surface area contributed by atoms with Crippen molar-refractivity contribution in [2.75, 3.05) is 54.6 Å². The van der Waals surface area contributed by atoms with Gasteiger partial charge in [0.1, 0.15) is 11.5 Å². The van der Waals surface area contributed by atoms with E-state index < -0.39 is 5.97 Å². The van der Waals surface area contributed by atoms with Crippen LogP contribution in [0.25, 0.3) is 11.6 Å². The summed E-state index contributed by atoms with van der Waals surface area (Å²) in [7, 11) is 6.47. The molecule has 186 valence electrons. The van der Waals surface area contributed by atoms with Gasteiger partial charge >= 0.3 is 5.97 Å². The number of hydrogen-bond acceptors (Lipinski definition) is 7. The number of rotatable bonds is 8. The Labute approximate surface area is 206 Å². The molecule has 1 aliphatic heterocycles. The molecule has 0 bridgehead atoms. The molecule has 3 rings (SSSR count). The average Bonchev–Trinajstić information content (AvgIpc) is 2.89. The number of hydrazine groups is 1. The molecule has 35 heavy (non-hydrogen) atoms. The molecule has 1 amide bonds. The molecule has 8 heteroatoms. The molecule has 1 heterocycles. The Kier molecular flexibility index (Phi) is 9.05. The molecule has 0 radical (unpaired) electrons. The SMILES string of the molecule is COC(=O)C(=C(/C)c1cc(OC)cc(OC)c1)/C(=C\c1ccccc1)C(=O)NN1CCN(C)CC1. The summed E-state index contributed by atoms with van der Waals surface area (Å²) in [5, 5.41) is 1.87. The van der Waals surface area contributed by atoms with Crippen molar-refractivity contribution >= 4 is 23.5 Å². The number of piperazine rings is 1. The van der Waals surface area contributed by atoms with Crippen LogP contribution in [0, 0.1) is 0 Å². The van der Waals surface area contributed by atoms with Gasteiger partial charge in [0.25, 0.3) is 5.91 Å². The number of allylic oxidation sites excluding steroid dienone is 1. The molecule has 1 N–H and O–H groups in total. The van der Waals surface area contributed by atoms with E-state index in [4.69, 9.17) is 14.2 Å². The van der Waals surface area contributed by atoms with E-state index in [1.165, 1.54) is 7.11 Å². The lowest BCUT2D eigenvalue weighted by molar-refractivity contribution is -0.136. The van der Waals surface area contributed by atoms with Crippen molar-refractivity contribution in [1.82, 2.24) is 15.3 Å². The lowest BCUT2D eigenvalue weighted by Gasteiger charge is -2.32. The van der Waals surface area contributed by atoms with Gasteiger partial charge in [-0.1, -0.05) is 30.3 Å². The highest BCUT2D eigenvalue weighted by molar-refractivity contribution is 6.16. The van der Waals surface area contributed by atoms with Crippen molar-refractivity contribution in [3.05, 3.63) is 70.8 Å². The lowest BCUT2D eigenvalue weighted by atomic mass is 9.93. The van der Waals surface area contributed by atoms with Crippen molar-refractivity contribution in [1.29, 1.82) is 0 Å². The Hall–Kier alpha value is -3.62. The zero-order valence-corrected chi connectivity index (χ0v) is 21.0. The van der Waals surface area contributed by atoms with Gasteiger partial charge in [-0.3, -0.25) is 10.2 Å². The van der Waals surface area contributed by atoms with Crippen LogP contribution in [0.1, 0.15) is 18.1 Å². The number of nitrogens with one attached hydrogen (secondary N) is 1. The minimum atomic E-state index is -0.611. The van der Waals surface area contributed by atoms with Crippen molar-refractivity contribution in [3.63, 3.8) is 0 Å². The number of nitrogens with zero attached hydrogens (tertiary/aromatic N) is 2. The van der Waals surface area contributed by atoms with Crippen LogP contribution in [0.3, 0.4) is 0 Å². The van der Waals surface area contributed by atoms with Crippen LogP contribution in [0.5, 0.6) is 11.5 Å². The van der Waals surface area contributed by atoms with Gasteiger partial charge in [0.05, 0.1) is 32.5 Å². The third kappa shape index (κ3) is 6.71. The molecular weight excluding hydrogens is 446 g/mol. The van der Waals surface area contributed by atoms with Crippen molar-refractivity contribution in [2.24, 2.45) is 0 Å². The Morgan fingerprint density at radius 3 is 2.06 bits per heavy atom. The van der Waals surface area contributed by atoms with Crippen LogP contribution in [-0.2, 0) is 14.3 Å². The third-order valence-corrected chi connectivity index (χ3v) is 5.94. The van der Waals surface area contributed by atoms with E-state index in [9.17, 15) is 9.59 Å². The summed E-state index contributed by atoms with van der Waals surface area (Å²) in [6.45, 7) is 4.82. The van der Waals surface area contributed by atoms with Crippen LogP contribution in [0.4, 0.5) is 0 Å². The molecule has 1 saturated heterocycles. The molecule has 0 aromatic heterocycles. The predicted octanol–water partition coefficient (Wildman–Crippen LogP) is 3.01. The fourth-order valence-electron chi connectivity index (χ4n) is 3.82. The molecule has 0 saturated carbocycles. The van der Waals surface area contributed by atoms with E-state index in [1.807, 2.05) is 42.4 Å². The van der Waals surface area contributed by atoms with Gasteiger partial charge in [0.15, 0.2) is 0 Å². The van der Waals surface area contributed by atoms with Gasteiger partial charge < -0.3 is 19.1 Å². The van der Waals surface area contributed by atoms with Gasteiger partial charge in [0, 0.05) is 32.2 Å². The summed E-state index contributed by atoms with van der Waals surface area (Å²) in [5.74, 6) is 0.143. The number of benzene rings is 2. The normalized spacial score (nSPS) is 15.7. The Morgan fingerprint density at radius 1 is 0.914 bits per heavy atom. The Morgan fingerprint density at radius 2 is 1.51 bits per heavy atom. The quantitative estimate of drug-likeness (QED) is 0.354. The zero-order valence-electron chi connectivity index (χ0n) is 21.0. The number of methoxy groups -OCH3 is 3. The zero-order chi connectivity index (χ0) is 25.4. The monoisotopic (exact) mass is 479 g/mol. The second-order valence-electron chi connectivity index (χ2n) is 8.29. The molecule has 2 aromatic rings. The summed E-state index contributed by atoms with van der Waals surface area (Å²) in [6, 6.07) is 14.7. The van der Waals surface area contributed by atoms with E-state index in [1.54, 1.807) is 45.4 Å². The first-order chi connectivity index (χ1) is 16.9. The number of amides is 1. The van der Waals surface area contributed by atoms with Gasteiger partial charge in [0.2, 0.25) is 0 Å². The second kappa shape index (κ2) is 12.2. The average molecular weight is 480 g/mol. The van der Waals surface area contributed by atoms with Crippen molar-refractivity contribution in [2.45, 2.75) is 6.92 Å². The Balaban J connectivity index is 2.13. The Bertz CT molecular complexity index is 1080. The van der Waals surface area contributed by atoms with Crippen LogP contribution in [0.2, 0.25) is 0 Å². The fraction of sp³-hybridized carbons (Fsp3) is 0.333. The first-order valence-electron chi connectivity index (χ1n) is 11.4. The van der Waals surface area contributed by atoms with E-state index in [2.05, 4.69) is 10.3 Å². The van der Waals surface area contributed by atoms with Gasteiger partial charge in [-0.25, -0.2) is 9.80 Å². The topological polar surface area (TPSA) is 80.3 Å². The maximum Gasteiger partial charge on any atom is 0.338 e. The largest absolute Gasteiger partial charge is 0.497 e. The van der Waals surface area contributed by atoms with Crippen LogP contribution >= 0.6 is 0 Å². The van der Waals surface area contributed by atoms with E-state index in [-0.39, 0.29) is 17.1 Å². The molecule has 0 aliphatic carbocycles. The molecule has 8 nitrogen and oxygen atoms in total. The number of carbonyl (C=O) groups is 2. The van der Waals surface area contributed by atoms with Crippen LogP contribution in [0.15, 0.2) is 59.7 Å². The van der Waals surface area contributed by atoms with Crippen molar-refractivity contribution in [3.8, 4) is 11.5 Å². The van der Waals surface area contributed by atoms with Gasteiger partial charge in [-0.15, -0.1) is 0 Å². The van der Waals surface area contributed by atoms with Crippen molar-refractivity contribution < 1.29 is 23.8 Å². The van der Waals surface area contributed by atoms with Gasteiger partial charge in [-0.05, 0) is 48.9 Å². The summed E-state index contributed by atoms with van der Waals surface area (Å²) in [6.07, 6.45) is 1.71. The third-order valence-electron chi connectivity index (χ3n) is 5.94. The second-order valence-corrected chi connectivity index (χ2v) is 8.29. The highest BCUT2D eigenvalue weighted by Gasteiger charge is 2.27. The molecule has 0 atom stereocenters. The summed E-state index contributed by atoms with van der Waals surface area (Å²) in [4.78, 5) is 28.9. The smallest absolute Gasteiger partial charge is 0.338 e. The summed E-state index contributed by atoms with van der Waals surface area (Å²) >= 11 is 0. The highest BCUT2D eigenvalue weighted by Crippen LogP contribution is 2.32. The molecule has 1 fully saturated rings. The standard InChI is InChI=1S/C27H33N3O5/c1-19(21-16-22(33-3)18-23(17-21)34-4)25(27(32)35-5)24(15-20-9-7-6-8-10-20)26(31)28-30-13-11-29(2)12-14-30/h6-10,15-18H,11-14H2,1-5H3,(H,28,31)/b24-15+,25-19-. The molecular formula is C27H33N3O5. The molecule has 1 aliphatic rings. The molecule has 2 aromatic carbocycles. The number of likely N-dealkylation sites (N-methyl/N-ethyl adjacent to an activating group) is 1. The number of ether oxygens (including phenoxy) is 3. The first-order valence-corrected chi connectivity index (χ1v) is 11.4. The van der Waals surface area contributed by atoms with Crippen LogP contribution < -0.4 is 14.9 Å². The van der Waals surface area contributed by atoms with Crippen LogP contribution in [-0.4, -0.2) is 76.3 Å². The van der Waals surface area contributed by atoms with E-state index in [0.717, 1.165) is 18.7 Å². The minimum absolute atomic E-state index is 0.165.